The van der Waals surface area contributed by atoms with Crippen molar-refractivity contribution < 1.29 is 48.9 Å². The highest BCUT2D eigenvalue weighted by atomic mass is 16.7. The Bertz CT molecular complexity index is 1120. The smallest absolute Gasteiger partial charge is 0.316 e. The van der Waals surface area contributed by atoms with E-state index < -0.39 is 53.8 Å². The Labute approximate surface area is 240 Å². The fraction of sp³-hybridized carbons (Fsp3) is 0.774. The van der Waals surface area contributed by atoms with Crippen LogP contribution >= 0.6 is 0 Å². The molecule has 2 bridgehead atoms. The molecule has 12 atom stereocenters. The molecule has 41 heavy (non-hydrogen) atoms. The van der Waals surface area contributed by atoms with E-state index in [0.717, 1.165) is 6.42 Å². The zero-order chi connectivity index (χ0) is 29.2. The molecule has 228 valence electrons. The Morgan fingerprint density at radius 1 is 1.07 bits per heavy atom. The molecule has 6 rings (SSSR count). The first kappa shape index (κ1) is 29.4. The van der Waals surface area contributed by atoms with E-state index in [1.54, 1.807) is 12.2 Å². The summed E-state index contributed by atoms with van der Waals surface area (Å²) in [5.74, 6) is -2.54. The molecule has 4 saturated heterocycles. The molecular weight excluding hydrogens is 532 g/mol. The van der Waals surface area contributed by atoms with E-state index in [0.29, 0.717) is 43.6 Å². The van der Waals surface area contributed by atoms with Crippen LogP contribution in [0, 0.1) is 17.8 Å². The van der Waals surface area contributed by atoms with E-state index in [1.807, 2.05) is 19.9 Å². The Hall–Kier alpha value is -1.63. The summed E-state index contributed by atoms with van der Waals surface area (Å²) in [4.78, 5) is 13.9. The van der Waals surface area contributed by atoms with Crippen LogP contribution in [0.1, 0.15) is 59.3 Å². The van der Waals surface area contributed by atoms with Gasteiger partial charge in [0.25, 0.3) is 0 Å². The van der Waals surface area contributed by atoms with Crippen LogP contribution in [0.5, 0.6) is 0 Å². The Morgan fingerprint density at radius 2 is 1.88 bits per heavy atom. The molecular formula is C31H44O10. The monoisotopic (exact) mass is 576 g/mol. The molecule has 0 aromatic heterocycles. The summed E-state index contributed by atoms with van der Waals surface area (Å²) in [5.41, 5.74) is -1.65. The van der Waals surface area contributed by atoms with Gasteiger partial charge in [0.05, 0.1) is 37.1 Å². The van der Waals surface area contributed by atoms with Crippen molar-refractivity contribution in [3.63, 3.8) is 0 Å². The number of aliphatic hydroxyl groups excluding tert-OH is 3. The van der Waals surface area contributed by atoms with Crippen molar-refractivity contribution in [1.82, 2.24) is 0 Å². The summed E-state index contributed by atoms with van der Waals surface area (Å²) >= 11 is 0. The maximum Gasteiger partial charge on any atom is 0.316 e. The summed E-state index contributed by atoms with van der Waals surface area (Å²) < 4.78 is 31.3. The molecule has 1 aliphatic carbocycles. The van der Waals surface area contributed by atoms with Crippen molar-refractivity contribution in [3.05, 3.63) is 35.5 Å². The van der Waals surface area contributed by atoms with E-state index in [4.69, 9.17) is 23.7 Å². The number of esters is 1. The van der Waals surface area contributed by atoms with Crippen molar-refractivity contribution >= 4 is 5.97 Å². The number of aliphatic hydroxyl groups is 4. The first-order valence-corrected chi connectivity index (χ1v) is 15.1. The summed E-state index contributed by atoms with van der Waals surface area (Å²) in [5, 5.41) is 43.0. The molecule has 1 spiro atoms. The fourth-order valence-electron chi connectivity index (χ4n) is 7.60. The highest BCUT2D eigenvalue weighted by molar-refractivity contribution is 5.78. The molecule has 10 nitrogen and oxygen atoms in total. The third-order valence-corrected chi connectivity index (χ3v) is 10.3. The highest BCUT2D eigenvalue weighted by Gasteiger charge is 2.61. The minimum Gasteiger partial charge on any atom is -0.462 e. The molecule has 6 aliphatic rings. The van der Waals surface area contributed by atoms with E-state index in [9.17, 15) is 25.2 Å². The molecule has 0 saturated carbocycles. The summed E-state index contributed by atoms with van der Waals surface area (Å²) in [6.07, 6.45) is 7.07. The average Bonchev–Trinajstić information content (AvgIpc) is 3.41. The normalized spacial score (nSPS) is 52.0. The maximum atomic E-state index is 13.9. The zero-order valence-corrected chi connectivity index (χ0v) is 24.1. The van der Waals surface area contributed by atoms with Crippen LogP contribution < -0.4 is 0 Å². The van der Waals surface area contributed by atoms with Crippen molar-refractivity contribution in [2.45, 2.75) is 113 Å². The molecule has 10 heteroatoms. The summed E-state index contributed by atoms with van der Waals surface area (Å²) in [7, 11) is 0. The van der Waals surface area contributed by atoms with Crippen LogP contribution in [0.3, 0.4) is 0 Å². The Morgan fingerprint density at radius 3 is 2.61 bits per heavy atom. The quantitative estimate of drug-likeness (QED) is 0.218. The number of allylic oxidation sites excluding steroid dienone is 2. The Balaban J connectivity index is 1.37. The first-order chi connectivity index (χ1) is 19.5. The van der Waals surface area contributed by atoms with Crippen LogP contribution in [-0.2, 0) is 28.5 Å². The number of ether oxygens (including phenoxy) is 5. The third kappa shape index (κ3) is 5.25. The van der Waals surface area contributed by atoms with Gasteiger partial charge in [0, 0.05) is 38.2 Å². The fourth-order valence-corrected chi connectivity index (χ4v) is 7.60. The van der Waals surface area contributed by atoms with Crippen molar-refractivity contribution in [2.24, 2.45) is 17.8 Å². The van der Waals surface area contributed by atoms with Gasteiger partial charge in [-0.15, -0.1) is 0 Å². The molecule has 4 fully saturated rings. The minimum atomic E-state index is -1.87. The zero-order valence-electron chi connectivity index (χ0n) is 24.1. The van der Waals surface area contributed by atoms with Crippen LogP contribution in [0.25, 0.3) is 0 Å². The second kappa shape index (κ2) is 10.8. The summed E-state index contributed by atoms with van der Waals surface area (Å²) in [6, 6.07) is 0. The molecule has 4 N–H and O–H groups in total. The number of hydrogen-bond donors (Lipinski definition) is 4. The van der Waals surface area contributed by atoms with Gasteiger partial charge in [-0.1, -0.05) is 31.2 Å². The maximum absolute atomic E-state index is 13.9. The number of epoxide rings is 1. The van der Waals surface area contributed by atoms with Gasteiger partial charge in [0.15, 0.2) is 5.79 Å². The molecule has 5 heterocycles. The first-order valence-electron chi connectivity index (χ1n) is 15.1. The largest absolute Gasteiger partial charge is 0.462 e. The number of hydrogen-bond acceptors (Lipinski definition) is 10. The lowest BCUT2D eigenvalue weighted by Gasteiger charge is -2.49. The van der Waals surface area contributed by atoms with E-state index >= 15 is 0 Å². The molecule has 0 aromatic carbocycles. The molecule has 0 radical (unpaired) electrons. The van der Waals surface area contributed by atoms with Crippen LogP contribution in [0.2, 0.25) is 0 Å². The second-order valence-corrected chi connectivity index (χ2v) is 13.2. The van der Waals surface area contributed by atoms with Gasteiger partial charge in [0.2, 0.25) is 0 Å². The standard InChI is InChI=1S/C31H44O10/c1-17-7-8-30(39-18(17)2)13-23-10-22(40-30)11-25-29(3,41-25)12-19(14-32)5-4-6-21-16-37-27-26(34)20(15-33)9-24(28(35)38-23)31(21,27)36/h4-6,9,17-19,22-27,32-34,36H,7-8,10-16H2,1-3H3/b5-4+,21-6+/t17-,18+,19-,22-,23-,24-,25-,26+,27+,29-,30-,31+/m0/s1. The average molecular weight is 577 g/mol. The summed E-state index contributed by atoms with van der Waals surface area (Å²) in [6.45, 7) is 5.69. The van der Waals surface area contributed by atoms with Crippen LogP contribution in [0.4, 0.5) is 0 Å². The van der Waals surface area contributed by atoms with Gasteiger partial charge >= 0.3 is 5.97 Å². The predicted octanol–water partition coefficient (Wildman–Crippen LogP) is 1.69. The Kier molecular flexibility index (Phi) is 7.77. The number of fused-ring (bicyclic) bond motifs is 3. The van der Waals surface area contributed by atoms with Crippen LogP contribution in [-0.4, -0.2) is 99.8 Å². The van der Waals surface area contributed by atoms with Gasteiger partial charge in [0.1, 0.15) is 29.8 Å². The number of carbonyl (C=O) groups excluding carboxylic acids is 1. The third-order valence-electron chi connectivity index (χ3n) is 10.3. The lowest BCUT2D eigenvalue weighted by Crippen LogP contribution is -2.58. The lowest BCUT2D eigenvalue weighted by atomic mass is 9.70. The number of carbonyl (C=O) groups is 1. The molecule has 0 unspecified atom stereocenters. The minimum absolute atomic E-state index is 0.00203. The molecule has 5 aliphatic heterocycles. The van der Waals surface area contributed by atoms with Gasteiger partial charge < -0.3 is 44.1 Å². The molecule has 0 aromatic rings. The van der Waals surface area contributed by atoms with Gasteiger partial charge in [-0.3, -0.25) is 4.79 Å². The van der Waals surface area contributed by atoms with Gasteiger partial charge in [-0.2, -0.15) is 0 Å². The van der Waals surface area contributed by atoms with Gasteiger partial charge in [-0.25, -0.2) is 0 Å². The van der Waals surface area contributed by atoms with E-state index in [2.05, 4.69) is 6.92 Å². The lowest BCUT2D eigenvalue weighted by molar-refractivity contribution is -0.333. The van der Waals surface area contributed by atoms with Crippen LogP contribution in [0.15, 0.2) is 35.5 Å². The van der Waals surface area contributed by atoms with Crippen molar-refractivity contribution in [3.8, 4) is 0 Å². The molecule has 0 amide bonds. The van der Waals surface area contributed by atoms with E-state index in [1.165, 1.54) is 6.08 Å². The van der Waals surface area contributed by atoms with Gasteiger partial charge in [-0.05, 0) is 43.8 Å². The van der Waals surface area contributed by atoms with Crippen molar-refractivity contribution in [2.75, 3.05) is 19.8 Å². The van der Waals surface area contributed by atoms with E-state index in [-0.39, 0.29) is 43.0 Å². The second-order valence-electron chi connectivity index (χ2n) is 13.2. The van der Waals surface area contributed by atoms with Crippen molar-refractivity contribution in [1.29, 1.82) is 0 Å². The highest BCUT2D eigenvalue weighted by Crippen LogP contribution is 2.50. The predicted molar refractivity (Wildman–Crippen MR) is 145 cm³/mol. The number of rotatable bonds is 2. The SMILES string of the molecule is C[C@H]1CC[C@]2(C[C@@H]3C[C@@H](C[C@@H]4O[C@@]4(C)C[C@@H](CO)/C=C/C=C4\CO[C@@H]5[C@H](O)C(CO)=C[C@@H](C(=O)O3)[C@]45O)O2)O[C@@H]1C. The topological polar surface area (TPSA) is 147 Å².